The van der Waals surface area contributed by atoms with Crippen molar-refractivity contribution in [2.75, 3.05) is 18.0 Å². The van der Waals surface area contributed by atoms with Gasteiger partial charge in [-0.05, 0) is 13.8 Å². The topological polar surface area (TPSA) is 96.7 Å². The van der Waals surface area contributed by atoms with Crippen molar-refractivity contribution < 1.29 is 5.21 Å². The highest BCUT2D eigenvalue weighted by Crippen LogP contribution is 2.07. The van der Waals surface area contributed by atoms with Gasteiger partial charge in [0.2, 0.25) is 0 Å². The van der Waals surface area contributed by atoms with Gasteiger partial charge in [-0.2, -0.15) is 0 Å². The summed E-state index contributed by atoms with van der Waals surface area (Å²) in [6, 6.07) is 0. The van der Waals surface area contributed by atoms with Crippen molar-refractivity contribution in [3.8, 4) is 0 Å². The van der Waals surface area contributed by atoms with E-state index in [0.717, 1.165) is 0 Å². The molecule has 0 fully saturated rings. The lowest BCUT2D eigenvalue weighted by Gasteiger charge is -2.24. The van der Waals surface area contributed by atoms with E-state index in [1.807, 2.05) is 25.7 Å². The molecular weight excluding hydrogens is 246 g/mol. The lowest BCUT2D eigenvalue weighted by molar-refractivity contribution is 0.314. The predicted octanol–water partition coefficient (Wildman–Crippen LogP) is 0.472. The Morgan fingerprint density at radius 3 is 2.84 bits per heavy atom. The average Bonchev–Trinajstić information content (AvgIpc) is 2.44. The van der Waals surface area contributed by atoms with Gasteiger partial charge in [-0.15, -0.1) is 0 Å². The van der Waals surface area contributed by atoms with Crippen LogP contribution in [0.1, 0.15) is 20.8 Å². The molecule has 7 nitrogen and oxygen atoms in total. The van der Waals surface area contributed by atoms with E-state index in [9.17, 15) is 4.79 Å². The van der Waals surface area contributed by atoms with E-state index in [0.29, 0.717) is 25.5 Å². The van der Waals surface area contributed by atoms with Crippen LogP contribution in [0.2, 0.25) is 0 Å². The Kier molecular flexibility index (Phi) is 5.35. The molecule has 1 aromatic rings. The molecule has 0 aliphatic carbocycles. The van der Waals surface area contributed by atoms with Gasteiger partial charge in [0.1, 0.15) is 5.84 Å². The summed E-state index contributed by atoms with van der Waals surface area (Å²) in [5.74, 6) is 0.371. The standard InChI is InChI=1S/C12H21N5O2/c1-4-16-7-6-14-11(12(16)18)17(5-2)8-9(3)10(13)15-19/h6-7,9,19H,4-5,8H2,1-3H3,(H2,13,15). The van der Waals surface area contributed by atoms with Crippen molar-refractivity contribution >= 4 is 11.7 Å². The van der Waals surface area contributed by atoms with Crippen LogP contribution >= 0.6 is 0 Å². The molecule has 3 N–H and O–H groups in total. The van der Waals surface area contributed by atoms with Gasteiger partial charge in [0.15, 0.2) is 5.82 Å². The quantitative estimate of drug-likeness (QED) is 0.338. The van der Waals surface area contributed by atoms with Crippen LogP contribution in [-0.2, 0) is 6.54 Å². The number of hydrogen-bond donors (Lipinski definition) is 2. The third kappa shape index (κ3) is 3.46. The molecule has 0 aromatic carbocycles. The van der Waals surface area contributed by atoms with Crippen molar-refractivity contribution in [3.63, 3.8) is 0 Å². The van der Waals surface area contributed by atoms with Crippen LogP contribution in [0.3, 0.4) is 0 Å². The van der Waals surface area contributed by atoms with Gasteiger partial charge in [-0.1, -0.05) is 12.1 Å². The van der Waals surface area contributed by atoms with Crippen molar-refractivity contribution in [1.82, 2.24) is 9.55 Å². The van der Waals surface area contributed by atoms with Crippen molar-refractivity contribution in [1.29, 1.82) is 0 Å². The predicted molar refractivity (Wildman–Crippen MR) is 74.6 cm³/mol. The molecule has 0 aliphatic heterocycles. The summed E-state index contributed by atoms with van der Waals surface area (Å²) in [4.78, 5) is 18.1. The van der Waals surface area contributed by atoms with E-state index in [1.165, 1.54) is 0 Å². The fraction of sp³-hybridized carbons (Fsp3) is 0.583. The Labute approximate surface area is 112 Å². The number of oxime groups is 1. The molecule has 1 unspecified atom stereocenters. The zero-order chi connectivity index (χ0) is 14.4. The van der Waals surface area contributed by atoms with Crippen molar-refractivity contribution in [2.45, 2.75) is 27.3 Å². The minimum Gasteiger partial charge on any atom is -0.409 e. The Morgan fingerprint density at radius 1 is 1.63 bits per heavy atom. The maximum atomic E-state index is 12.2. The van der Waals surface area contributed by atoms with Crippen LogP contribution in [-0.4, -0.2) is 33.7 Å². The Bertz CT molecular complexity index is 497. The summed E-state index contributed by atoms with van der Waals surface area (Å²) < 4.78 is 1.60. The molecule has 19 heavy (non-hydrogen) atoms. The third-order valence-electron chi connectivity index (χ3n) is 3.03. The minimum absolute atomic E-state index is 0.126. The molecule has 7 heteroatoms. The Hall–Kier alpha value is -2.05. The van der Waals surface area contributed by atoms with E-state index >= 15 is 0 Å². The molecule has 0 aliphatic rings. The lowest BCUT2D eigenvalue weighted by Crippen LogP contribution is -2.39. The second-order valence-electron chi connectivity index (χ2n) is 4.31. The second kappa shape index (κ2) is 6.77. The first-order valence-corrected chi connectivity index (χ1v) is 6.32. The number of nitrogens with zero attached hydrogens (tertiary/aromatic N) is 4. The zero-order valence-corrected chi connectivity index (χ0v) is 11.6. The van der Waals surface area contributed by atoms with Crippen LogP contribution in [0.15, 0.2) is 22.3 Å². The first-order valence-electron chi connectivity index (χ1n) is 6.32. The molecule has 0 radical (unpaired) electrons. The number of nitrogens with two attached hydrogens (primary N) is 1. The summed E-state index contributed by atoms with van der Waals surface area (Å²) >= 11 is 0. The molecule has 0 spiro atoms. The monoisotopic (exact) mass is 267 g/mol. The first-order chi connectivity index (χ1) is 9.04. The second-order valence-corrected chi connectivity index (χ2v) is 4.31. The number of aryl methyl sites for hydroxylation is 1. The molecule has 106 valence electrons. The largest absolute Gasteiger partial charge is 0.409 e. The highest BCUT2D eigenvalue weighted by atomic mass is 16.4. The van der Waals surface area contributed by atoms with Crippen LogP contribution < -0.4 is 16.2 Å². The maximum Gasteiger partial charge on any atom is 0.293 e. The summed E-state index contributed by atoms with van der Waals surface area (Å²) in [7, 11) is 0. The average molecular weight is 267 g/mol. The molecular formula is C12H21N5O2. The number of hydrogen-bond acceptors (Lipinski definition) is 5. The molecule has 1 aromatic heterocycles. The number of amidine groups is 1. The fourth-order valence-electron chi connectivity index (χ4n) is 1.79. The van der Waals surface area contributed by atoms with Gasteiger partial charge in [-0.3, -0.25) is 4.79 Å². The molecule has 1 heterocycles. The van der Waals surface area contributed by atoms with Gasteiger partial charge >= 0.3 is 0 Å². The van der Waals surface area contributed by atoms with E-state index in [-0.39, 0.29) is 17.3 Å². The molecule has 0 saturated carbocycles. The fourth-order valence-corrected chi connectivity index (χ4v) is 1.79. The van der Waals surface area contributed by atoms with Gasteiger partial charge < -0.3 is 20.4 Å². The highest BCUT2D eigenvalue weighted by Gasteiger charge is 2.17. The van der Waals surface area contributed by atoms with Crippen LogP contribution in [0, 0.1) is 5.92 Å². The number of rotatable bonds is 6. The van der Waals surface area contributed by atoms with Crippen LogP contribution in [0.4, 0.5) is 5.82 Å². The van der Waals surface area contributed by atoms with Gasteiger partial charge in [-0.25, -0.2) is 4.98 Å². The third-order valence-corrected chi connectivity index (χ3v) is 3.03. The SMILES string of the molecule is CCN(CC(C)C(N)=NO)c1nccn(CC)c1=O. The minimum atomic E-state index is -0.165. The van der Waals surface area contributed by atoms with Gasteiger partial charge in [0, 0.05) is 37.9 Å². The summed E-state index contributed by atoms with van der Waals surface area (Å²) in [6.07, 6.45) is 3.27. The van der Waals surface area contributed by atoms with Gasteiger partial charge in [0.25, 0.3) is 5.56 Å². The van der Waals surface area contributed by atoms with Gasteiger partial charge in [0.05, 0.1) is 0 Å². The summed E-state index contributed by atoms with van der Waals surface area (Å²) in [5.41, 5.74) is 5.43. The smallest absolute Gasteiger partial charge is 0.293 e. The molecule has 1 atom stereocenters. The van der Waals surface area contributed by atoms with Crippen LogP contribution in [0.25, 0.3) is 0 Å². The Morgan fingerprint density at radius 2 is 2.32 bits per heavy atom. The van der Waals surface area contributed by atoms with E-state index in [2.05, 4.69) is 10.1 Å². The summed E-state index contributed by atoms with van der Waals surface area (Å²) in [6.45, 7) is 7.37. The number of aromatic nitrogens is 2. The molecule has 0 bridgehead atoms. The van der Waals surface area contributed by atoms with E-state index < -0.39 is 0 Å². The van der Waals surface area contributed by atoms with Crippen LogP contribution in [0.5, 0.6) is 0 Å². The molecule has 1 rings (SSSR count). The Balaban J connectivity index is 3.01. The zero-order valence-electron chi connectivity index (χ0n) is 11.6. The maximum absolute atomic E-state index is 12.2. The van der Waals surface area contributed by atoms with Crippen molar-refractivity contribution in [3.05, 3.63) is 22.7 Å². The molecule has 0 saturated heterocycles. The molecule has 0 amide bonds. The highest BCUT2D eigenvalue weighted by molar-refractivity contribution is 5.82. The normalized spacial score (nSPS) is 13.3. The lowest BCUT2D eigenvalue weighted by atomic mass is 10.1. The first kappa shape index (κ1) is 15.0. The summed E-state index contributed by atoms with van der Waals surface area (Å²) in [5, 5.41) is 11.7. The van der Waals surface area contributed by atoms with Crippen molar-refractivity contribution in [2.24, 2.45) is 16.8 Å². The van der Waals surface area contributed by atoms with E-state index in [4.69, 9.17) is 10.9 Å². The number of anilines is 1. The van der Waals surface area contributed by atoms with E-state index in [1.54, 1.807) is 17.0 Å².